The molecule has 0 aromatic carbocycles. The number of nitrogens with one attached hydrogen (secondary N) is 1. The highest BCUT2D eigenvalue weighted by Gasteiger charge is 2.00. The van der Waals surface area contributed by atoms with Gasteiger partial charge in [-0.05, 0) is 19.3 Å². The van der Waals surface area contributed by atoms with Crippen molar-refractivity contribution in [1.29, 1.82) is 0 Å². The Hall–Kier alpha value is -0.0100. The second-order valence-corrected chi connectivity index (χ2v) is 4.25. The number of rotatable bonds is 7. The summed E-state index contributed by atoms with van der Waals surface area (Å²) in [5.74, 6) is 0.829. The average Bonchev–Trinajstić information content (AvgIpc) is 2.04. The van der Waals surface area contributed by atoms with Crippen LogP contribution < -0.4 is 5.32 Å². The molecule has 2 heteroatoms. The average molecular weight is 204 g/mol. The number of hydrogen-bond acceptors (Lipinski definition) is 1. The van der Waals surface area contributed by atoms with Crippen molar-refractivity contribution in [2.24, 2.45) is 5.92 Å². The van der Waals surface area contributed by atoms with E-state index in [1.54, 1.807) is 5.54 Å². The van der Waals surface area contributed by atoms with Gasteiger partial charge in [0.15, 0.2) is 0 Å². The first-order valence-corrected chi connectivity index (χ1v) is 5.59. The normalized spacial score (nSPS) is 14.2. The van der Waals surface area contributed by atoms with Crippen LogP contribution in [0.5, 0.6) is 0 Å². The molecular weight excluding hydrogens is 182 g/mol. The van der Waals surface area contributed by atoms with Gasteiger partial charge in [0.1, 0.15) is 0 Å². The number of halogens is 1. The molecule has 0 rings (SSSR count). The third kappa shape index (κ3) is 9.91. The first-order valence-electron chi connectivity index (χ1n) is 5.15. The Kier molecular flexibility index (Phi) is 8.58. The van der Waals surface area contributed by atoms with Crippen LogP contribution in [0, 0.1) is 5.92 Å². The highest BCUT2D eigenvalue weighted by atomic mass is 35.5. The Morgan fingerprint density at radius 3 is 2.46 bits per heavy atom. The van der Waals surface area contributed by atoms with Crippen molar-refractivity contribution < 1.29 is 0 Å². The first kappa shape index (κ1) is 13.0. The monoisotopic (exact) mass is 203 g/mol. The molecule has 0 aliphatic carbocycles. The zero-order valence-electron chi connectivity index (χ0n) is 9.02. The van der Waals surface area contributed by atoms with E-state index >= 15 is 0 Å². The molecule has 0 aromatic rings. The van der Waals surface area contributed by atoms with Crippen LogP contribution in [0.3, 0.4) is 0 Å². The summed E-state index contributed by atoms with van der Waals surface area (Å²) >= 11 is 5.41. The lowest BCUT2D eigenvalue weighted by molar-refractivity contribution is 0.471. The van der Waals surface area contributed by atoms with Gasteiger partial charge in [-0.2, -0.15) is 0 Å². The van der Waals surface area contributed by atoms with Crippen molar-refractivity contribution in [3.8, 4) is 0 Å². The van der Waals surface area contributed by atoms with E-state index in [2.05, 4.69) is 26.1 Å². The van der Waals surface area contributed by atoms with E-state index in [0.717, 1.165) is 12.5 Å². The van der Waals surface area contributed by atoms with Crippen molar-refractivity contribution in [2.45, 2.75) is 46.1 Å². The Labute approximate surface area is 87.6 Å². The Morgan fingerprint density at radius 2 is 1.92 bits per heavy atom. The lowest BCUT2D eigenvalue weighted by Gasteiger charge is -2.12. The lowest BCUT2D eigenvalue weighted by atomic mass is 10.0. The molecule has 0 saturated heterocycles. The molecule has 1 atom stereocenters. The molecule has 0 aromatic heterocycles. The highest BCUT2D eigenvalue weighted by molar-refractivity contribution is 6.25. The smallest absolute Gasteiger partial charge is 0.0148 e. The third-order valence-electron chi connectivity index (χ3n) is 2.09. The summed E-state index contributed by atoms with van der Waals surface area (Å²) in [6, 6.07) is 0.603. The van der Waals surface area contributed by atoms with Crippen LogP contribution in [-0.2, 0) is 0 Å². The molecule has 0 aliphatic rings. The fourth-order valence-corrected chi connectivity index (χ4v) is 1.34. The standard InChI is InChI=1S/C11H22ClN/c1-10(2)6-4-7-11(3)13-9-5-8-12/h5,8,10-11,13H,4,6-7,9H2,1-3H3/b8-5+. The molecule has 0 spiro atoms. The molecule has 0 radical (unpaired) electrons. The van der Waals surface area contributed by atoms with Gasteiger partial charge in [-0.15, -0.1) is 0 Å². The molecule has 78 valence electrons. The number of hydrogen-bond donors (Lipinski definition) is 1. The maximum absolute atomic E-state index is 5.41. The minimum atomic E-state index is 0.603. The van der Waals surface area contributed by atoms with Gasteiger partial charge in [-0.3, -0.25) is 0 Å². The molecule has 0 bridgehead atoms. The van der Waals surface area contributed by atoms with Gasteiger partial charge in [0.05, 0.1) is 0 Å². The van der Waals surface area contributed by atoms with Crippen LogP contribution in [0.2, 0.25) is 0 Å². The summed E-state index contributed by atoms with van der Waals surface area (Å²) in [6.07, 6.45) is 5.84. The van der Waals surface area contributed by atoms with E-state index in [0.29, 0.717) is 6.04 Å². The fraction of sp³-hybridized carbons (Fsp3) is 0.818. The Balaban J connectivity index is 3.24. The second-order valence-electron chi connectivity index (χ2n) is 4.00. The van der Waals surface area contributed by atoms with Crippen LogP contribution in [-0.4, -0.2) is 12.6 Å². The third-order valence-corrected chi connectivity index (χ3v) is 2.27. The molecule has 0 aliphatic heterocycles. The van der Waals surface area contributed by atoms with Gasteiger partial charge >= 0.3 is 0 Å². The van der Waals surface area contributed by atoms with Gasteiger partial charge < -0.3 is 5.32 Å². The van der Waals surface area contributed by atoms with Crippen molar-refractivity contribution in [1.82, 2.24) is 5.32 Å². The predicted molar refractivity (Wildman–Crippen MR) is 61.1 cm³/mol. The van der Waals surface area contributed by atoms with Crippen LogP contribution in [0.15, 0.2) is 11.6 Å². The Morgan fingerprint density at radius 1 is 1.23 bits per heavy atom. The summed E-state index contributed by atoms with van der Waals surface area (Å²) in [5, 5.41) is 3.39. The van der Waals surface area contributed by atoms with Gasteiger partial charge in [0, 0.05) is 18.1 Å². The minimum Gasteiger partial charge on any atom is -0.311 e. The van der Waals surface area contributed by atoms with E-state index in [-0.39, 0.29) is 0 Å². The van der Waals surface area contributed by atoms with E-state index in [1.807, 2.05) is 6.08 Å². The molecule has 13 heavy (non-hydrogen) atoms. The lowest BCUT2D eigenvalue weighted by Crippen LogP contribution is -2.25. The van der Waals surface area contributed by atoms with Gasteiger partial charge in [0.25, 0.3) is 0 Å². The van der Waals surface area contributed by atoms with Gasteiger partial charge in [-0.25, -0.2) is 0 Å². The van der Waals surface area contributed by atoms with Crippen LogP contribution >= 0.6 is 11.6 Å². The topological polar surface area (TPSA) is 12.0 Å². The largest absolute Gasteiger partial charge is 0.311 e. The second kappa shape index (κ2) is 8.58. The molecule has 0 amide bonds. The zero-order chi connectivity index (χ0) is 10.1. The summed E-state index contributed by atoms with van der Waals surface area (Å²) in [7, 11) is 0. The predicted octanol–water partition coefficient (Wildman–Crippen LogP) is 3.54. The van der Waals surface area contributed by atoms with Crippen LogP contribution in [0.4, 0.5) is 0 Å². The maximum Gasteiger partial charge on any atom is 0.0148 e. The van der Waals surface area contributed by atoms with Gasteiger partial charge in [0.2, 0.25) is 0 Å². The maximum atomic E-state index is 5.41. The molecule has 1 nitrogen and oxygen atoms in total. The summed E-state index contributed by atoms with van der Waals surface area (Å²) < 4.78 is 0. The molecule has 0 heterocycles. The van der Waals surface area contributed by atoms with E-state index in [4.69, 9.17) is 11.6 Å². The van der Waals surface area contributed by atoms with Crippen molar-refractivity contribution in [3.63, 3.8) is 0 Å². The minimum absolute atomic E-state index is 0.603. The Bertz CT molecular complexity index is 132. The summed E-state index contributed by atoms with van der Waals surface area (Å²) in [6.45, 7) is 7.65. The SMILES string of the molecule is CC(C)CCCC(C)NC/C=C/Cl. The highest BCUT2D eigenvalue weighted by Crippen LogP contribution is 2.07. The first-order chi connectivity index (χ1) is 6.16. The van der Waals surface area contributed by atoms with E-state index in [1.165, 1.54) is 19.3 Å². The zero-order valence-corrected chi connectivity index (χ0v) is 9.77. The molecular formula is C11H22ClN. The quantitative estimate of drug-likeness (QED) is 0.668. The van der Waals surface area contributed by atoms with E-state index < -0.39 is 0 Å². The van der Waals surface area contributed by atoms with Crippen molar-refractivity contribution >= 4 is 11.6 Å². The van der Waals surface area contributed by atoms with Crippen molar-refractivity contribution in [2.75, 3.05) is 6.54 Å². The van der Waals surface area contributed by atoms with Crippen LogP contribution in [0.25, 0.3) is 0 Å². The summed E-state index contributed by atoms with van der Waals surface area (Å²) in [5.41, 5.74) is 1.56. The fourth-order valence-electron chi connectivity index (χ4n) is 1.25. The molecule has 0 saturated carbocycles. The molecule has 1 unspecified atom stereocenters. The van der Waals surface area contributed by atoms with Crippen LogP contribution in [0.1, 0.15) is 40.0 Å². The van der Waals surface area contributed by atoms with Gasteiger partial charge in [-0.1, -0.05) is 44.4 Å². The summed E-state index contributed by atoms with van der Waals surface area (Å²) in [4.78, 5) is 0. The molecule has 1 N–H and O–H groups in total. The molecule has 0 fully saturated rings. The van der Waals surface area contributed by atoms with Crippen molar-refractivity contribution in [3.05, 3.63) is 11.6 Å². The van der Waals surface area contributed by atoms with E-state index in [9.17, 15) is 0 Å².